The molecule has 0 amide bonds. The average Bonchev–Trinajstić information content (AvgIpc) is 2.89. The van der Waals surface area contributed by atoms with Gasteiger partial charge in [-0.15, -0.1) is 0 Å². The van der Waals surface area contributed by atoms with Gasteiger partial charge in [0.15, 0.2) is 0 Å². The summed E-state index contributed by atoms with van der Waals surface area (Å²) in [6.45, 7) is 7.51. The van der Waals surface area contributed by atoms with Crippen LogP contribution in [0.1, 0.15) is 25.0 Å². The molecule has 0 aliphatic carbocycles. The van der Waals surface area contributed by atoms with E-state index in [1.165, 1.54) is 5.56 Å². The SMILES string of the molecule is Cc1ccc(-c2nc3ccccc3n2C(C)(C)C(=O)O)cc1C. The number of imidazole rings is 1. The van der Waals surface area contributed by atoms with Gasteiger partial charge < -0.3 is 9.67 Å². The second-order valence-corrected chi connectivity index (χ2v) is 6.42. The summed E-state index contributed by atoms with van der Waals surface area (Å²) in [6.07, 6.45) is 0. The summed E-state index contributed by atoms with van der Waals surface area (Å²) in [4.78, 5) is 16.5. The zero-order valence-electron chi connectivity index (χ0n) is 13.8. The maximum Gasteiger partial charge on any atom is 0.329 e. The minimum absolute atomic E-state index is 0.682. The minimum Gasteiger partial charge on any atom is -0.480 e. The van der Waals surface area contributed by atoms with Crippen LogP contribution in [0.25, 0.3) is 22.4 Å². The predicted octanol–water partition coefficient (Wildman–Crippen LogP) is 4.14. The summed E-state index contributed by atoms with van der Waals surface area (Å²) in [5.41, 5.74) is 3.83. The Kier molecular flexibility index (Phi) is 3.48. The predicted molar refractivity (Wildman–Crippen MR) is 91.6 cm³/mol. The molecule has 0 aliphatic rings. The van der Waals surface area contributed by atoms with E-state index < -0.39 is 11.5 Å². The number of carbonyl (C=O) groups is 1. The number of rotatable bonds is 3. The van der Waals surface area contributed by atoms with Gasteiger partial charge in [-0.05, 0) is 57.0 Å². The van der Waals surface area contributed by atoms with E-state index in [1.54, 1.807) is 13.8 Å². The van der Waals surface area contributed by atoms with Gasteiger partial charge >= 0.3 is 5.97 Å². The Bertz CT molecular complexity index is 907. The molecule has 0 fully saturated rings. The zero-order chi connectivity index (χ0) is 16.8. The van der Waals surface area contributed by atoms with Gasteiger partial charge in [0.25, 0.3) is 0 Å². The number of para-hydroxylation sites is 2. The molecule has 1 heterocycles. The van der Waals surface area contributed by atoms with Crippen molar-refractivity contribution in [1.82, 2.24) is 9.55 Å². The molecule has 0 unspecified atom stereocenters. The van der Waals surface area contributed by atoms with E-state index in [0.717, 1.165) is 22.2 Å². The van der Waals surface area contributed by atoms with Gasteiger partial charge in [0.05, 0.1) is 11.0 Å². The molecule has 118 valence electrons. The number of aliphatic carboxylic acids is 1. The molecule has 1 aromatic heterocycles. The van der Waals surface area contributed by atoms with Crippen molar-refractivity contribution in [3.8, 4) is 11.4 Å². The van der Waals surface area contributed by atoms with Gasteiger partial charge in [-0.1, -0.05) is 24.3 Å². The lowest BCUT2D eigenvalue weighted by Crippen LogP contribution is -2.36. The van der Waals surface area contributed by atoms with Crippen LogP contribution in [0.3, 0.4) is 0 Å². The third-order valence-corrected chi connectivity index (χ3v) is 4.41. The van der Waals surface area contributed by atoms with Crippen molar-refractivity contribution in [2.75, 3.05) is 0 Å². The first-order valence-corrected chi connectivity index (χ1v) is 7.61. The molecule has 0 radical (unpaired) electrons. The lowest BCUT2D eigenvalue weighted by Gasteiger charge is -2.25. The van der Waals surface area contributed by atoms with Crippen molar-refractivity contribution >= 4 is 17.0 Å². The Labute approximate surface area is 135 Å². The number of carboxylic acid groups (broad SMARTS) is 1. The van der Waals surface area contributed by atoms with E-state index in [0.29, 0.717) is 5.82 Å². The second-order valence-electron chi connectivity index (χ2n) is 6.42. The standard InChI is InChI=1S/C19H20N2O2/c1-12-9-10-14(11-13(12)2)17-20-15-7-5-6-8-16(15)21(17)19(3,4)18(22)23/h5-11H,1-4H3,(H,22,23). The maximum atomic E-state index is 11.8. The highest BCUT2D eigenvalue weighted by Gasteiger charge is 2.33. The van der Waals surface area contributed by atoms with Crippen LogP contribution in [0.2, 0.25) is 0 Å². The van der Waals surface area contributed by atoms with E-state index in [2.05, 4.69) is 13.0 Å². The van der Waals surface area contributed by atoms with Gasteiger partial charge in [0.2, 0.25) is 0 Å². The molecular weight excluding hydrogens is 288 g/mol. The molecule has 23 heavy (non-hydrogen) atoms. The van der Waals surface area contributed by atoms with E-state index in [4.69, 9.17) is 4.98 Å². The Hall–Kier alpha value is -2.62. The summed E-state index contributed by atoms with van der Waals surface area (Å²) < 4.78 is 1.81. The number of aromatic nitrogens is 2. The minimum atomic E-state index is -1.09. The summed E-state index contributed by atoms with van der Waals surface area (Å²) in [7, 11) is 0. The number of nitrogens with zero attached hydrogens (tertiary/aromatic N) is 2. The monoisotopic (exact) mass is 308 g/mol. The van der Waals surface area contributed by atoms with E-state index in [-0.39, 0.29) is 0 Å². The van der Waals surface area contributed by atoms with Crippen LogP contribution in [0.5, 0.6) is 0 Å². The number of hydrogen-bond donors (Lipinski definition) is 1. The number of aryl methyl sites for hydroxylation is 2. The lowest BCUT2D eigenvalue weighted by atomic mass is 10.0. The number of benzene rings is 2. The first kappa shape index (κ1) is 15.3. The zero-order valence-corrected chi connectivity index (χ0v) is 13.8. The van der Waals surface area contributed by atoms with Crippen LogP contribution in [0, 0.1) is 13.8 Å². The van der Waals surface area contributed by atoms with Crippen molar-refractivity contribution in [2.24, 2.45) is 0 Å². The number of fused-ring (bicyclic) bond motifs is 1. The molecule has 0 bridgehead atoms. The van der Waals surface area contributed by atoms with Crippen LogP contribution >= 0.6 is 0 Å². The fourth-order valence-electron chi connectivity index (χ4n) is 2.76. The lowest BCUT2D eigenvalue weighted by molar-refractivity contribution is -0.145. The van der Waals surface area contributed by atoms with Crippen molar-refractivity contribution in [3.63, 3.8) is 0 Å². The van der Waals surface area contributed by atoms with Crippen LogP contribution in [0.4, 0.5) is 0 Å². The highest BCUT2D eigenvalue weighted by molar-refractivity contribution is 5.86. The van der Waals surface area contributed by atoms with Crippen LogP contribution in [0.15, 0.2) is 42.5 Å². The molecule has 1 N–H and O–H groups in total. The molecule has 0 saturated carbocycles. The summed E-state index contributed by atoms with van der Waals surface area (Å²) >= 11 is 0. The normalized spacial score (nSPS) is 11.8. The van der Waals surface area contributed by atoms with Gasteiger partial charge in [-0.3, -0.25) is 0 Å². The highest BCUT2D eigenvalue weighted by atomic mass is 16.4. The molecule has 3 aromatic rings. The molecule has 4 heteroatoms. The molecule has 2 aromatic carbocycles. The Morgan fingerprint density at radius 1 is 1.09 bits per heavy atom. The van der Waals surface area contributed by atoms with Crippen molar-refractivity contribution in [3.05, 3.63) is 53.6 Å². The van der Waals surface area contributed by atoms with Crippen LogP contribution in [-0.2, 0) is 10.3 Å². The van der Waals surface area contributed by atoms with Crippen molar-refractivity contribution in [2.45, 2.75) is 33.2 Å². The third kappa shape index (κ3) is 2.40. The molecule has 0 atom stereocenters. The fraction of sp³-hybridized carbons (Fsp3) is 0.263. The van der Waals surface area contributed by atoms with E-state index in [1.807, 2.05) is 47.9 Å². The van der Waals surface area contributed by atoms with Crippen molar-refractivity contribution in [1.29, 1.82) is 0 Å². The Balaban J connectivity index is 2.36. The molecule has 0 saturated heterocycles. The van der Waals surface area contributed by atoms with Crippen LogP contribution in [-0.4, -0.2) is 20.6 Å². The van der Waals surface area contributed by atoms with E-state index in [9.17, 15) is 9.90 Å². The summed E-state index contributed by atoms with van der Waals surface area (Å²) in [6, 6.07) is 13.7. The number of hydrogen-bond acceptors (Lipinski definition) is 2. The first-order chi connectivity index (χ1) is 10.8. The molecule has 4 nitrogen and oxygen atoms in total. The molecule has 3 rings (SSSR count). The maximum absolute atomic E-state index is 11.8. The van der Waals surface area contributed by atoms with E-state index >= 15 is 0 Å². The Morgan fingerprint density at radius 2 is 1.78 bits per heavy atom. The average molecular weight is 308 g/mol. The number of carboxylic acids is 1. The fourth-order valence-corrected chi connectivity index (χ4v) is 2.76. The van der Waals surface area contributed by atoms with Gasteiger partial charge in [-0.25, -0.2) is 9.78 Å². The largest absolute Gasteiger partial charge is 0.480 e. The summed E-state index contributed by atoms with van der Waals surface area (Å²) in [5, 5.41) is 9.69. The third-order valence-electron chi connectivity index (χ3n) is 4.41. The topological polar surface area (TPSA) is 55.1 Å². The van der Waals surface area contributed by atoms with Gasteiger partial charge in [-0.2, -0.15) is 0 Å². The second kappa shape index (κ2) is 5.23. The quantitative estimate of drug-likeness (QED) is 0.791. The van der Waals surface area contributed by atoms with Gasteiger partial charge in [0, 0.05) is 5.56 Å². The van der Waals surface area contributed by atoms with Crippen molar-refractivity contribution < 1.29 is 9.90 Å². The van der Waals surface area contributed by atoms with Crippen LogP contribution < -0.4 is 0 Å². The highest BCUT2D eigenvalue weighted by Crippen LogP contribution is 2.32. The Morgan fingerprint density at radius 3 is 2.43 bits per heavy atom. The smallest absolute Gasteiger partial charge is 0.329 e. The summed E-state index contributed by atoms with van der Waals surface area (Å²) in [5.74, 6) is -0.201. The molecule has 0 spiro atoms. The first-order valence-electron chi connectivity index (χ1n) is 7.61. The molecule has 0 aliphatic heterocycles. The molecular formula is C19H20N2O2. The van der Waals surface area contributed by atoms with Gasteiger partial charge in [0.1, 0.15) is 11.4 Å².